The third-order valence-corrected chi connectivity index (χ3v) is 9.92. The van der Waals surface area contributed by atoms with Crippen molar-refractivity contribution in [2.75, 3.05) is 25.6 Å². The molecule has 4 rings (SSSR count). The topological polar surface area (TPSA) is 199 Å². The number of nitrogen functional groups attached to an aromatic ring is 1. The van der Waals surface area contributed by atoms with Crippen LogP contribution in [0.5, 0.6) is 0 Å². The number of fused-ring (bicyclic) bond motifs is 1. The van der Waals surface area contributed by atoms with Gasteiger partial charge >= 0.3 is 25.8 Å². The molecule has 0 aliphatic carbocycles. The van der Waals surface area contributed by atoms with E-state index in [1.807, 2.05) is 19.9 Å². The second-order valence-electron chi connectivity index (χ2n) is 12.2. The summed E-state index contributed by atoms with van der Waals surface area (Å²) >= 11 is 0. The highest BCUT2D eigenvalue weighted by molar-refractivity contribution is 7.51. The molecule has 1 unspecified atom stereocenters. The van der Waals surface area contributed by atoms with E-state index in [9.17, 15) is 23.7 Å². The third-order valence-electron chi connectivity index (χ3n) is 8.23. The minimum atomic E-state index is -4.68. The van der Waals surface area contributed by atoms with Crippen LogP contribution in [0.25, 0.3) is 11.2 Å². The maximum atomic E-state index is 14.6. The number of halogens is 1. The van der Waals surface area contributed by atoms with E-state index in [1.54, 1.807) is 24.3 Å². The predicted octanol–water partition coefficient (Wildman–Crippen LogP) is 4.40. The maximum absolute atomic E-state index is 14.6. The molecular weight excluding hydrogens is 686 g/mol. The summed E-state index contributed by atoms with van der Waals surface area (Å²) in [5.41, 5.74) is 4.67. The van der Waals surface area contributed by atoms with Gasteiger partial charge in [0.2, 0.25) is 0 Å². The Morgan fingerprint density at radius 3 is 2.47 bits per heavy atom. The molecule has 2 aromatic heterocycles. The number of nitrogens with one attached hydrogen (secondary N) is 1. The highest BCUT2D eigenvalue weighted by atomic mass is 31.2. The Bertz CT molecular complexity index is 1710. The molecule has 1 aliphatic heterocycles. The zero-order valence-electron chi connectivity index (χ0n) is 29.0. The molecule has 1 saturated heterocycles. The summed E-state index contributed by atoms with van der Waals surface area (Å²) in [6, 6.07) is 7.68. The van der Waals surface area contributed by atoms with E-state index in [0.717, 1.165) is 25.7 Å². The number of aliphatic hydroxyl groups is 1. The summed E-state index contributed by atoms with van der Waals surface area (Å²) in [7, 11) is -4.68. The zero-order chi connectivity index (χ0) is 37.0. The van der Waals surface area contributed by atoms with E-state index in [-0.39, 0.29) is 43.0 Å². The number of imidazole rings is 1. The molecule has 51 heavy (non-hydrogen) atoms. The Morgan fingerprint density at radius 2 is 1.82 bits per heavy atom. The molecule has 278 valence electrons. The molecule has 0 saturated carbocycles. The van der Waals surface area contributed by atoms with Gasteiger partial charge in [0.25, 0.3) is 0 Å². The smallest absolute Gasteiger partial charge is 0.407 e. The largest absolute Gasteiger partial charge is 0.465 e. The van der Waals surface area contributed by atoms with Gasteiger partial charge in [0.1, 0.15) is 25.0 Å². The number of hydrogen-bond acceptors (Lipinski definition) is 13. The molecule has 0 spiro atoms. The minimum Gasteiger partial charge on any atom is -0.465 e. The van der Waals surface area contributed by atoms with Gasteiger partial charge in [0.15, 0.2) is 28.7 Å². The Hall–Kier alpha value is -3.97. The summed E-state index contributed by atoms with van der Waals surface area (Å²) < 4.78 is 58.5. The lowest BCUT2D eigenvalue weighted by Gasteiger charge is -2.31. The standard InChI is InChI=1S/C34H46FN6O9P/c1-5-8-13-17-46-31(43)23(4)50-51(45,40-25(19-24-15-11-10-12-16-24)32(44)47-18-14-9-6-2)48-21-34(7-3)26(42)20-27(49-34)41-22-37-28-29(36)38-33(35)39-30(28)41/h3,10-12,15-16,22-23,25-27,42H,5-6,8-9,13-14,17-21H2,1-2,4H3,(H,40,45)(H2,36,38,39)/t23-,25-,26-,27+,34+,51?/m0/s1. The fraction of sp³-hybridized carbons (Fsp3) is 0.559. The van der Waals surface area contributed by atoms with Crippen LogP contribution >= 0.6 is 7.75 Å². The first-order valence-electron chi connectivity index (χ1n) is 17.0. The molecule has 0 radical (unpaired) electrons. The Balaban J connectivity index is 1.60. The van der Waals surface area contributed by atoms with Crippen LogP contribution < -0.4 is 10.8 Å². The number of anilines is 1. The van der Waals surface area contributed by atoms with E-state index in [0.29, 0.717) is 18.4 Å². The van der Waals surface area contributed by atoms with E-state index >= 15 is 0 Å². The normalized spacial score (nSPS) is 21.1. The Morgan fingerprint density at radius 1 is 1.16 bits per heavy atom. The van der Waals surface area contributed by atoms with Crippen molar-refractivity contribution in [1.82, 2.24) is 24.6 Å². The highest BCUT2D eigenvalue weighted by Gasteiger charge is 2.50. The number of aliphatic hydroxyl groups excluding tert-OH is 1. The van der Waals surface area contributed by atoms with Crippen LogP contribution in [0.15, 0.2) is 36.7 Å². The number of esters is 2. The summed E-state index contributed by atoms with van der Waals surface area (Å²) in [5, 5.41) is 13.9. The number of rotatable bonds is 20. The summed E-state index contributed by atoms with van der Waals surface area (Å²) in [6.07, 6.45) is 6.86. The lowest BCUT2D eigenvalue weighted by atomic mass is 9.99. The average molecular weight is 733 g/mol. The van der Waals surface area contributed by atoms with Crippen molar-refractivity contribution in [3.63, 3.8) is 0 Å². The van der Waals surface area contributed by atoms with Crippen LogP contribution in [0.4, 0.5) is 10.2 Å². The molecule has 1 aliphatic rings. The monoisotopic (exact) mass is 732 g/mol. The lowest BCUT2D eigenvalue weighted by molar-refractivity contribution is -0.152. The van der Waals surface area contributed by atoms with Crippen molar-refractivity contribution in [1.29, 1.82) is 0 Å². The first-order valence-corrected chi connectivity index (χ1v) is 18.6. The number of carbonyl (C=O) groups excluding carboxylic acids is 2. The molecule has 3 aromatic rings. The Kier molecular flexibility index (Phi) is 14.4. The quantitative estimate of drug-likeness (QED) is 0.0486. The molecule has 6 atom stereocenters. The van der Waals surface area contributed by atoms with Crippen LogP contribution in [-0.4, -0.2) is 80.2 Å². The first kappa shape index (κ1) is 39.8. The number of carbonyl (C=O) groups is 2. The van der Waals surface area contributed by atoms with E-state index < -0.39 is 62.4 Å². The summed E-state index contributed by atoms with van der Waals surface area (Å²) in [4.78, 5) is 37.6. The minimum absolute atomic E-state index is 0.00547. The molecule has 15 nitrogen and oxygen atoms in total. The molecule has 1 fully saturated rings. The van der Waals surface area contributed by atoms with Gasteiger partial charge in [0.05, 0.1) is 19.5 Å². The average Bonchev–Trinajstić information content (AvgIpc) is 3.68. The van der Waals surface area contributed by atoms with Gasteiger partial charge in [-0.1, -0.05) is 75.8 Å². The number of ether oxygens (including phenoxy) is 3. The third kappa shape index (κ3) is 10.5. The molecule has 4 N–H and O–H groups in total. The fourth-order valence-electron chi connectivity index (χ4n) is 5.36. The summed E-state index contributed by atoms with van der Waals surface area (Å²) in [6.45, 7) is 4.89. The van der Waals surface area contributed by atoms with Crippen molar-refractivity contribution < 1.29 is 46.9 Å². The molecule has 0 amide bonds. The lowest BCUT2D eigenvalue weighted by Crippen LogP contribution is -2.44. The summed E-state index contributed by atoms with van der Waals surface area (Å²) in [5.74, 6) is 0.664. The van der Waals surface area contributed by atoms with Crippen LogP contribution in [-0.2, 0) is 43.8 Å². The van der Waals surface area contributed by atoms with E-state index in [1.165, 1.54) is 17.8 Å². The molecule has 0 bridgehead atoms. The fourth-order valence-corrected chi connectivity index (χ4v) is 7.00. The number of terminal acetylenes is 1. The number of unbranched alkanes of at least 4 members (excludes halogenated alkanes) is 4. The van der Waals surface area contributed by atoms with Crippen molar-refractivity contribution >= 4 is 36.7 Å². The SMILES string of the molecule is C#C[C@]1(COP(=O)(N[C@@H](Cc2ccccc2)C(=O)OCCCCC)O[C@@H](C)C(=O)OCCCCC)O[C@@H](n2cnc3c(N)nc(F)nc32)C[C@@H]1O. The van der Waals surface area contributed by atoms with Crippen LogP contribution in [0.3, 0.4) is 0 Å². The predicted molar refractivity (Wildman–Crippen MR) is 184 cm³/mol. The van der Waals surface area contributed by atoms with Crippen molar-refractivity contribution in [3.05, 3.63) is 48.3 Å². The van der Waals surface area contributed by atoms with Gasteiger partial charge in [-0.25, -0.2) is 19.4 Å². The van der Waals surface area contributed by atoms with E-state index in [4.69, 9.17) is 35.4 Å². The number of nitrogens with two attached hydrogens (primary N) is 1. The molecule has 3 heterocycles. The van der Waals surface area contributed by atoms with Gasteiger partial charge in [-0.15, -0.1) is 6.42 Å². The van der Waals surface area contributed by atoms with Gasteiger partial charge in [-0.05, 0) is 31.7 Å². The molecule has 1 aromatic carbocycles. The molecule has 17 heteroatoms. The van der Waals surface area contributed by atoms with Gasteiger partial charge in [-0.3, -0.25) is 18.4 Å². The van der Waals surface area contributed by atoms with Crippen LogP contribution in [0.1, 0.15) is 77.5 Å². The highest BCUT2D eigenvalue weighted by Crippen LogP contribution is 2.49. The second kappa shape index (κ2) is 18.5. The maximum Gasteiger partial charge on any atom is 0.407 e. The zero-order valence-corrected chi connectivity index (χ0v) is 29.9. The second-order valence-corrected chi connectivity index (χ2v) is 13.9. The van der Waals surface area contributed by atoms with E-state index in [2.05, 4.69) is 26.0 Å². The van der Waals surface area contributed by atoms with Crippen molar-refractivity contribution in [2.45, 2.75) is 102 Å². The number of nitrogens with zero attached hydrogens (tertiary/aromatic N) is 4. The number of hydrogen-bond donors (Lipinski definition) is 3. The van der Waals surface area contributed by atoms with Gasteiger partial charge in [-0.2, -0.15) is 14.4 Å². The van der Waals surface area contributed by atoms with Gasteiger partial charge in [0, 0.05) is 6.42 Å². The molecular formula is C34H46FN6O9P. The first-order chi connectivity index (χ1) is 24.4. The number of benzene rings is 1. The number of aromatic nitrogens is 4. The van der Waals surface area contributed by atoms with Crippen LogP contribution in [0, 0.1) is 18.4 Å². The van der Waals surface area contributed by atoms with Gasteiger partial charge < -0.3 is 25.1 Å². The Labute approximate surface area is 296 Å². The van der Waals surface area contributed by atoms with Crippen molar-refractivity contribution in [2.24, 2.45) is 0 Å². The van der Waals surface area contributed by atoms with Crippen molar-refractivity contribution in [3.8, 4) is 12.3 Å². The van der Waals surface area contributed by atoms with Crippen LogP contribution in [0.2, 0.25) is 0 Å².